The Kier molecular flexibility index (Phi) is 1.78. The van der Waals surface area contributed by atoms with Gasteiger partial charge in [0.05, 0.1) is 11.6 Å². The number of aromatic nitrogens is 2. The molecule has 0 atom stereocenters. The van der Waals surface area contributed by atoms with Gasteiger partial charge >= 0.3 is 5.97 Å². The molecule has 0 amide bonds. The monoisotopic (exact) mass is 203 g/mol. The third kappa shape index (κ3) is 1.24. The Balaban J connectivity index is 2.00. The first kappa shape index (κ1) is 8.83. The summed E-state index contributed by atoms with van der Waals surface area (Å²) in [5.74, 6) is 0.0591. The molecular weight excluding hydrogens is 192 g/mol. The van der Waals surface area contributed by atoms with Crippen molar-refractivity contribution in [3.63, 3.8) is 0 Å². The van der Waals surface area contributed by atoms with Crippen LogP contribution in [0.2, 0.25) is 0 Å². The van der Waals surface area contributed by atoms with Crippen LogP contribution in [0.3, 0.4) is 0 Å². The fourth-order valence-corrected chi connectivity index (χ4v) is 2.52. The van der Waals surface area contributed by atoms with Crippen LogP contribution in [0.15, 0.2) is 12.3 Å². The van der Waals surface area contributed by atoms with Crippen LogP contribution < -0.4 is 0 Å². The smallest absolute Gasteiger partial charge is 0.309 e. The van der Waals surface area contributed by atoms with Crippen molar-refractivity contribution in [1.82, 2.24) is 9.97 Å². The second-order valence-electron chi connectivity index (χ2n) is 4.23. The van der Waals surface area contributed by atoms with Gasteiger partial charge in [0.1, 0.15) is 0 Å². The number of esters is 1. The van der Waals surface area contributed by atoms with E-state index in [1.54, 1.807) is 6.20 Å². The highest BCUT2D eigenvalue weighted by molar-refractivity contribution is 5.74. The fraction of sp³-hybridized carbons (Fsp3) is 0.545. The van der Waals surface area contributed by atoms with E-state index in [4.69, 9.17) is 4.74 Å². The average molecular weight is 203 g/mol. The molecule has 1 aliphatic carbocycles. The highest BCUT2D eigenvalue weighted by Crippen LogP contribution is 2.47. The molecule has 77 valence electrons. The largest absolute Gasteiger partial charge is 0.452 e. The lowest BCUT2D eigenvalue weighted by Gasteiger charge is -2.44. The molecule has 0 unspecified atom stereocenters. The summed E-state index contributed by atoms with van der Waals surface area (Å²) in [6.07, 6.45) is 7.81. The molecular formula is C11H11N2O2. The topological polar surface area (TPSA) is 52.1 Å². The van der Waals surface area contributed by atoms with Crippen LogP contribution in [0.1, 0.15) is 31.4 Å². The van der Waals surface area contributed by atoms with Gasteiger partial charge in [0.2, 0.25) is 0 Å². The summed E-state index contributed by atoms with van der Waals surface area (Å²) in [4.78, 5) is 19.4. The molecule has 4 heteroatoms. The van der Waals surface area contributed by atoms with Gasteiger partial charge in [0.15, 0.2) is 11.9 Å². The van der Waals surface area contributed by atoms with E-state index in [1.807, 2.05) is 6.07 Å². The van der Waals surface area contributed by atoms with Crippen LogP contribution in [0.4, 0.5) is 0 Å². The van der Waals surface area contributed by atoms with E-state index < -0.39 is 5.60 Å². The molecule has 3 heterocycles. The number of fused-ring (bicyclic) bond motifs is 3. The van der Waals surface area contributed by atoms with Crippen LogP contribution in [0.25, 0.3) is 0 Å². The van der Waals surface area contributed by atoms with Crippen molar-refractivity contribution in [2.24, 2.45) is 5.92 Å². The van der Waals surface area contributed by atoms with E-state index in [1.165, 1.54) is 0 Å². The van der Waals surface area contributed by atoms with E-state index in [2.05, 4.69) is 16.3 Å². The lowest BCUT2D eigenvalue weighted by Crippen LogP contribution is -2.46. The molecule has 1 radical (unpaired) electrons. The second kappa shape index (κ2) is 3.02. The standard InChI is InChI=1S/C11H11N2O2/c14-10-8-1-4-11(15-10,5-2-8)9-3-6-12-7-13-9/h3,6,8H,1-2,4-5H2. The third-order valence-corrected chi connectivity index (χ3v) is 3.42. The molecule has 0 aromatic carbocycles. The first-order chi connectivity index (χ1) is 7.30. The molecule has 2 saturated heterocycles. The quantitative estimate of drug-likeness (QED) is 0.644. The molecule has 3 aliphatic rings. The van der Waals surface area contributed by atoms with Crippen molar-refractivity contribution in [2.45, 2.75) is 31.3 Å². The molecule has 2 aliphatic heterocycles. The molecule has 4 nitrogen and oxygen atoms in total. The number of nitrogens with zero attached hydrogens (tertiary/aromatic N) is 2. The Bertz CT molecular complexity index is 383. The summed E-state index contributed by atoms with van der Waals surface area (Å²) in [5.41, 5.74) is 0.314. The summed E-state index contributed by atoms with van der Waals surface area (Å²) in [7, 11) is 0. The Labute approximate surface area is 87.7 Å². The van der Waals surface area contributed by atoms with Crippen LogP contribution in [-0.4, -0.2) is 15.9 Å². The van der Waals surface area contributed by atoms with Crippen molar-refractivity contribution in [1.29, 1.82) is 0 Å². The maximum absolute atomic E-state index is 11.6. The minimum atomic E-state index is -0.481. The van der Waals surface area contributed by atoms with Gasteiger partial charge in [0.25, 0.3) is 0 Å². The number of hydrogen-bond donors (Lipinski definition) is 0. The Morgan fingerprint density at radius 1 is 1.47 bits per heavy atom. The van der Waals surface area contributed by atoms with Crippen LogP contribution in [0.5, 0.6) is 0 Å². The van der Waals surface area contributed by atoms with Crippen LogP contribution in [0, 0.1) is 12.2 Å². The van der Waals surface area contributed by atoms with Gasteiger partial charge in [-0.25, -0.2) is 9.97 Å². The predicted molar refractivity (Wildman–Crippen MR) is 50.6 cm³/mol. The number of ether oxygens (including phenoxy) is 1. The number of hydrogen-bond acceptors (Lipinski definition) is 4. The normalized spacial score (nSPS) is 33.9. The first-order valence-electron chi connectivity index (χ1n) is 5.23. The van der Waals surface area contributed by atoms with Gasteiger partial charge in [-0.15, -0.1) is 0 Å². The van der Waals surface area contributed by atoms with E-state index in [0.717, 1.165) is 31.4 Å². The summed E-state index contributed by atoms with van der Waals surface area (Å²) in [6.45, 7) is 0. The minimum absolute atomic E-state index is 0.0638. The molecule has 4 rings (SSSR count). The van der Waals surface area contributed by atoms with Crippen molar-refractivity contribution >= 4 is 5.97 Å². The molecule has 0 N–H and O–H groups in total. The first-order valence-corrected chi connectivity index (χ1v) is 5.23. The molecule has 3 fully saturated rings. The van der Waals surface area contributed by atoms with Crippen molar-refractivity contribution in [3.8, 4) is 0 Å². The molecule has 15 heavy (non-hydrogen) atoms. The molecule has 1 saturated carbocycles. The SMILES string of the molecule is O=C1OC2(c3ccn[c]n3)CCC1CC2. The average Bonchev–Trinajstić information content (AvgIpc) is 2.31. The Morgan fingerprint density at radius 3 is 2.87 bits per heavy atom. The highest BCUT2D eigenvalue weighted by Gasteiger charge is 2.49. The van der Waals surface area contributed by atoms with E-state index in [9.17, 15) is 4.79 Å². The van der Waals surface area contributed by atoms with Crippen molar-refractivity contribution in [3.05, 3.63) is 24.3 Å². The van der Waals surface area contributed by atoms with Gasteiger partial charge in [-0.1, -0.05) is 0 Å². The minimum Gasteiger partial charge on any atom is -0.452 e. The van der Waals surface area contributed by atoms with E-state index in [-0.39, 0.29) is 11.9 Å². The van der Waals surface area contributed by atoms with Crippen LogP contribution >= 0.6 is 0 Å². The zero-order chi connectivity index (χ0) is 10.3. The molecule has 2 bridgehead atoms. The van der Waals surface area contributed by atoms with Crippen molar-refractivity contribution in [2.75, 3.05) is 0 Å². The lowest BCUT2D eigenvalue weighted by atomic mass is 9.74. The molecule has 1 aromatic heterocycles. The predicted octanol–water partition coefficient (Wildman–Crippen LogP) is 1.22. The van der Waals surface area contributed by atoms with Crippen molar-refractivity contribution < 1.29 is 9.53 Å². The lowest BCUT2D eigenvalue weighted by molar-refractivity contribution is -0.190. The summed E-state index contributed by atoms with van der Waals surface area (Å²) >= 11 is 0. The third-order valence-electron chi connectivity index (χ3n) is 3.42. The van der Waals surface area contributed by atoms with E-state index >= 15 is 0 Å². The number of carbonyl (C=O) groups excluding carboxylic acids is 1. The number of rotatable bonds is 1. The van der Waals surface area contributed by atoms with Gasteiger partial charge in [0, 0.05) is 6.20 Å². The second-order valence-corrected chi connectivity index (χ2v) is 4.23. The Hall–Kier alpha value is -1.45. The van der Waals surface area contributed by atoms with E-state index in [0.29, 0.717) is 0 Å². The van der Waals surface area contributed by atoms with Crippen LogP contribution in [-0.2, 0) is 15.1 Å². The summed E-state index contributed by atoms with van der Waals surface area (Å²) in [5, 5.41) is 0. The summed E-state index contributed by atoms with van der Waals surface area (Å²) in [6, 6.07) is 1.81. The van der Waals surface area contributed by atoms with Gasteiger partial charge < -0.3 is 4.74 Å². The zero-order valence-electron chi connectivity index (χ0n) is 8.27. The number of carbonyl (C=O) groups is 1. The maximum atomic E-state index is 11.6. The molecule has 1 aromatic rings. The van der Waals surface area contributed by atoms with Gasteiger partial charge in [-0.05, 0) is 31.7 Å². The van der Waals surface area contributed by atoms with Gasteiger partial charge in [-0.2, -0.15) is 0 Å². The fourth-order valence-electron chi connectivity index (χ4n) is 2.52. The highest BCUT2D eigenvalue weighted by atomic mass is 16.6. The maximum Gasteiger partial charge on any atom is 0.309 e. The Morgan fingerprint density at radius 2 is 2.27 bits per heavy atom. The molecule has 0 spiro atoms. The zero-order valence-corrected chi connectivity index (χ0v) is 8.27. The summed E-state index contributed by atoms with van der Waals surface area (Å²) < 4.78 is 5.51. The van der Waals surface area contributed by atoms with Gasteiger partial charge in [-0.3, -0.25) is 4.79 Å².